The lowest BCUT2D eigenvalue weighted by Crippen LogP contribution is -2.07. The molecule has 3 nitrogen and oxygen atoms in total. The van der Waals surface area contributed by atoms with E-state index in [-0.39, 0.29) is 11.2 Å². The predicted octanol–water partition coefficient (Wildman–Crippen LogP) is 1.63. The SMILES string of the molecule is CCC(CC=NO)C(=O)Cl. The zero-order valence-electron chi connectivity index (χ0n) is 5.75. The topological polar surface area (TPSA) is 49.7 Å². The normalized spacial score (nSPS) is 13.8. The van der Waals surface area contributed by atoms with Crippen molar-refractivity contribution in [2.24, 2.45) is 11.1 Å². The molecule has 0 radical (unpaired) electrons. The molecule has 0 aliphatic heterocycles. The van der Waals surface area contributed by atoms with Gasteiger partial charge in [0.15, 0.2) is 0 Å². The van der Waals surface area contributed by atoms with Crippen LogP contribution in [0.15, 0.2) is 5.16 Å². The second-order valence-corrected chi connectivity index (χ2v) is 2.32. The zero-order chi connectivity index (χ0) is 7.98. The minimum absolute atomic E-state index is 0.211. The van der Waals surface area contributed by atoms with Crippen LogP contribution in [0.2, 0.25) is 0 Å². The Hall–Kier alpha value is -0.570. The Kier molecular flexibility index (Phi) is 4.94. The first kappa shape index (κ1) is 9.43. The van der Waals surface area contributed by atoms with Crippen molar-refractivity contribution in [2.45, 2.75) is 19.8 Å². The van der Waals surface area contributed by atoms with Gasteiger partial charge in [0.2, 0.25) is 5.24 Å². The standard InChI is InChI=1S/C6H10ClNO2/c1-2-5(6(7)9)3-4-8-10/h4-5,10H,2-3H2,1H3. The van der Waals surface area contributed by atoms with Crippen LogP contribution in [0, 0.1) is 5.92 Å². The van der Waals surface area contributed by atoms with Crippen molar-refractivity contribution in [1.82, 2.24) is 0 Å². The van der Waals surface area contributed by atoms with Crippen molar-refractivity contribution < 1.29 is 10.0 Å². The van der Waals surface area contributed by atoms with Gasteiger partial charge in [-0.15, -0.1) is 5.16 Å². The molecule has 0 aromatic heterocycles. The molecule has 58 valence electrons. The molecule has 0 rings (SSSR count). The third-order valence-corrected chi connectivity index (χ3v) is 1.59. The van der Waals surface area contributed by atoms with Crippen molar-refractivity contribution in [3.8, 4) is 0 Å². The van der Waals surface area contributed by atoms with Gasteiger partial charge >= 0.3 is 0 Å². The van der Waals surface area contributed by atoms with Gasteiger partial charge in [0.1, 0.15) is 0 Å². The average Bonchev–Trinajstić information content (AvgIpc) is 1.89. The molecule has 0 heterocycles. The summed E-state index contributed by atoms with van der Waals surface area (Å²) in [7, 11) is 0. The van der Waals surface area contributed by atoms with Crippen LogP contribution in [-0.2, 0) is 4.79 Å². The first-order valence-corrected chi connectivity index (χ1v) is 3.45. The minimum atomic E-state index is -0.373. The van der Waals surface area contributed by atoms with Crippen LogP contribution in [-0.4, -0.2) is 16.7 Å². The maximum absolute atomic E-state index is 10.5. The lowest BCUT2D eigenvalue weighted by atomic mass is 10.1. The number of hydrogen-bond acceptors (Lipinski definition) is 3. The van der Waals surface area contributed by atoms with E-state index in [9.17, 15) is 4.79 Å². The number of oxime groups is 1. The van der Waals surface area contributed by atoms with Gasteiger partial charge < -0.3 is 5.21 Å². The summed E-state index contributed by atoms with van der Waals surface area (Å²) in [5.41, 5.74) is 0. The summed E-state index contributed by atoms with van der Waals surface area (Å²) >= 11 is 5.20. The average molecular weight is 164 g/mol. The molecule has 1 unspecified atom stereocenters. The second kappa shape index (κ2) is 5.23. The highest BCUT2D eigenvalue weighted by atomic mass is 35.5. The van der Waals surface area contributed by atoms with E-state index < -0.39 is 0 Å². The maximum atomic E-state index is 10.5. The fourth-order valence-corrected chi connectivity index (χ4v) is 0.838. The highest BCUT2D eigenvalue weighted by Crippen LogP contribution is 2.09. The highest BCUT2D eigenvalue weighted by Gasteiger charge is 2.11. The Balaban J connectivity index is 3.71. The Morgan fingerprint density at radius 2 is 2.50 bits per heavy atom. The molecule has 0 aliphatic carbocycles. The lowest BCUT2D eigenvalue weighted by Gasteiger charge is -2.02. The monoisotopic (exact) mass is 163 g/mol. The fourth-order valence-electron chi connectivity index (χ4n) is 0.594. The molecule has 0 amide bonds. The van der Waals surface area contributed by atoms with Gasteiger partial charge in [0.05, 0.1) is 0 Å². The van der Waals surface area contributed by atoms with E-state index >= 15 is 0 Å². The van der Waals surface area contributed by atoms with Gasteiger partial charge in [0, 0.05) is 12.1 Å². The van der Waals surface area contributed by atoms with Crippen molar-refractivity contribution in [3.05, 3.63) is 0 Å². The van der Waals surface area contributed by atoms with E-state index in [4.69, 9.17) is 16.8 Å². The Labute approximate surface area is 64.7 Å². The Bertz CT molecular complexity index is 136. The molecule has 0 fully saturated rings. The molecule has 1 atom stereocenters. The molecule has 0 bridgehead atoms. The van der Waals surface area contributed by atoms with Crippen molar-refractivity contribution in [2.75, 3.05) is 0 Å². The molecule has 10 heavy (non-hydrogen) atoms. The van der Waals surface area contributed by atoms with Gasteiger partial charge in [-0.25, -0.2) is 0 Å². The van der Waals surface area contributed by atoms with E-state index in [2.05, 4.69) is 5.16 Å². The quantitative estimate of drug-likeness (QED) is 0.296. The molecule has 0 saturated carbocycles. The molecular formula is C6H10ClNO2. The summed E-state index contributed by atoms with van der Waals surface area (Å²) in [5, 5.41) is 10.4. The van der Waals surface area contributed by atoms with Gasteiger partial charge in [0.25, 0.3) is 0 Å². The number of carbonyl (C=O) groups is 1. The van der Waals surface area contributed by atoms with E-state index in [1.54, 1.807) is 0 Å². The second-order valence-electron chi connectivity index (χ2n) is 1.94. The number of nitrogens with zero attached hydrogens (tertiary/aromatic N) is 1. The summed E-state index contributed by atoms with van der Waals surface area (Å²) in [6.45, 7) is 1.86. The van der Waals surface area contributed by atoms with E-state index in [0.717, 1.165) is 0 Å². The summed E-state index contributed by atoms with van der Waals surface area (Å²) in [6.07, 6.45) is 2.36. The number of halogens is 1. The number of hydrogen-bond donors (Lipinski definition) is 1. The van der Waals surface area contributed by atoms with Crippen molar-refractivity contribution in [3.63, 3.8) is 0 Å². The molecular weight excluding hydrogens is 154 g/mol. The van der Waals surface area contributed by atoms with Crippen LogP contribution in [0.4, 0.5) is 0 Å². The van der Waals surface area contributed by atoms with E-state index in [1.807, 2.05) is 6.92 Å². The minimum Gasteiger partial charge on any atom is -0.411 e. The molecule has 4 heteroatoms. The third kappa shape index (κ3) is 3.45. The number of rotatable bonds is 4. The summed E-state index contributed by atoms with van der Waals surface area (Å²) in [4.78, 5) is 10.5. The first-order chi connectivity index (χ1) is 4.72. The largest absolute Gasteiger partial charge is 0.411 e. The van der Waals surface area contributed by atoms with Gasteiger partial charge in [-0.3, -0.25) is 4.79 Å². The molecule has 1 N–H and O–H groups in total. The van der Waals surface area contributed by atoms with Crippen LogP contribution in [0.1, 0.15) is 19.8 Å². The fraction of sp³-hybridized carbons (Fsp3) is 0.667. The molecule has 0 aliphatic rings. The van der Waals surface area contributed by atoms with Gasteiger partial charge in [-0.05, 0) is 24.4 Å². The third-order valence-electron chi connectivity index (χ3n) is 1.29. The maximum Gasteiger partial charge on any atom is 0.225 e. The predicted molar refractivity (Wildman–Crippen MR) is 39.5 cm³/mol. The molecule has 0 aromatic carbocycles. The van der Waals surface area contributed by atoms with Crippen LogP contribution in [0.25, 0.3) is 0 Å². The summed E-state index contributed by atoms with van der Waals surface area (Å²) in [5.74, 6) is -0.211. The van der Waals surface area contributed by atoms with Crippen LogP contribution < -0.4 is 0 Å². The summed E-state index contributed by atoms with van der Waals surface area (Å²) < 4.78 is 0. The lowest BCUT2D eigenvalue weighted by molar-refractivity contribution is -0.115. The zero-order valence-corrected chi connectivity index (χ0v) is 6.51. The Morgan fingerprint density at radius 1 is 1.90 bits per heavy atom. The van der Waals surface area contributed by atoms with Gasteiger partial charge in [-0.1, -0.05) is 6.92 Å². The van der Waals surface area contributed by atoms with Crippen molar-refractivity contribution in [1.29, 1.82) is 0 Å². The summed E-state index contributed by atoms with van der Waals surface area (Å²) in [6, 6.07) is 0. The highest BCUT2D eigenvalue weighted by molar-refractivity contribution is 6.64. The van der Waals surface area contributed by atoms with Crippen LogP contribution in [0.5, 0.6) is 0 Å². The van der Waals surface area contributed by atoms with Crippen molar-refractivity contribution >= 4 is 23.1 Å². The van der Waals surface area contributed by atoms with Crippen LogP contribution >= 0.6 is 11.6 Å². The molecule has 0 aromatic rings. The molecule has 0 saturated heterocycles. The van der Waals surface area contributed by atoms with E-state index in [0.29, 0.717) is 12.8 Å². The van der Waals surface area contributed by atoms with Gasteiger partial charge in [-0.2, -0.15) is 0 Å². The first-order valence-electron chi connectivity index (χ1n) is 3.07. The van der Waals surface area contributed by atoms with Crippen LogP contribution in [0.3, 0.4) is 0 Å². The molecule has 0 spiro atoms. The Morgan fingerprint density at radius 3 is 2.80 bits per heavy atom. The smallest absolute Gasteiger partial charge is 0.225 e. The van der Waals surface area contributed by atoms with E-state index in [1.165, 1.54) is 6.21 Å². The number of carbonyl (C=O) groups excluding carboxylic acids is 1.